The lowest BCUT2D eigenvalue weighted by atomic mass is 9.95. The van der Waals surface area contributed by atoms with Crippen molar-refractivity contribution in [2.75, 3.05) is 0 Å². The molecular weight excluding hydrogens is 254 g/mol. The molecule has 0 bridgehead atoms. The second-order valence-corrected chi connectivity index (χ2v) is 4.84. The van der Waals surface area contributed by atoms with Gasteiger partial charge in [0.15, 0.2) is 0 Å². The monoisotopic (exact) mass is 269 g/mol. The third-order valence-corrected chi connectivity index (χ3v) is 2.85. The second-order valence-electron chi connectivity index (χ2n) is 4.40. The van der Waals surface area contributed by atoms with Crippen LogP contribution < -0.4 is 5.32 Å². The average molecular weight is 270 g/mol. The zero-order chi connectivity index (χ0) is 13.7. The Morgan fingerprint density at radius 1 is 1.28 bits per heavy atom. The predicted octanol–water partition coefficient (Wildman–Crippen LogP) is 2.31. The molecule has 4 nitrogen and oxygen atoms in total. The number of carboxylic acids is 1. The molecule has 0 spiro atoms. The van der Waals surface area contributed by atoms with Gasteiger partial charge in [0.2, 0.25) is 5.91 Å². The van der Waals surface area contributed by atoms with Crippen molar-refractivity contribution in [1.82, 2.24) is 5.32 Å². The van der Waals surface area contributed by atoms with Gasteiger partial charge in [-0.05, 0) is 23.6 Å². The molecule has 1 rings (SSSR count). The van der Waals surface area contributed by atoms with Crippen molar-refractivity contribution < 1.29 is 14.7 Å². The Labute approximate surface area is 111 Å². The lowest BCUT2D eigenvalue weighted by molar-refractivity contribution is -0.148. The number of carboxylic acid groups (broad SMARTS) is 1. The van der Waals surface area contributed by atoms with E-state index >= 15 is 0 Å². The van der Waals surface area contributed by atoms with Crippen LogP contribution in [0.15, 0.2) is 24.3 Å². The molecule has 98 valence electrons. The van der Waals surface area contributed by atoms with Gasteiger partial charge in [-0.15, -0.1) is 0 Å². The van der Waals surface area contributed by atoms with Gasteiger partial charge < -0.3 is 10.4 Å². The highest BCUT2D eigenvalue weighted by Crippen LogP contribution is 2.12. The molecule has 0 aromatic heterocycles. The van der Waals surface area contributed by atoms with Gasteiger partial charge in [-0.25, -0.2) is 0 Å². The quantitative estimate of drug-likeness (QED) is 0.806. The molecule has 0 saturated carbocycles. The van der Waals surface area contributed by atoms with Crippen LogP contribution in [-0.4, -0.2) is 17.0 Å². The van der Waals surface area contributed by atoms with E-state index in [4.69, 9.17) is 16.7 Å². The van der Waals surface area contributed by atoms with Crippen LogP contribution in [0.4, 0.5) is 0 Å². The van der Waals surface area contributed by atoms with E-state index in [1.165, 1.54) is 0 Å². The average Bonchev–Trinajstić information content (AvgIpc) is 2.27. The van der Waals surface area contributed by atoms with Gasteiger partial charge in [-0.1, -0.05) is 37.6 Å². The predicted molar refractivity (Wildman–Crippen MR) is 69.3 cm³/mol. The largest absolute Gasteiger partial charge is 0.481 e. The third kappa shape index (κ3) is 4.04. The van der Waals surface area contributed by atoms with E-state index in [1.54, 1.807) is 38.1 Å². The van der Waals surface area contributed by atoms with Crippen molar-refractivity contribution in [1.29, 1.82) is 0 Å². The molecule has 1 aromatic carbocycles. The summed E-state index contributed by atoms with van der Waals surface area (Å²) in [6.07, 6.45) is 0. The van der Waals surface area contributed by atoms with Gasteiger partial charge >= 0.3 is 5.97 Å². The highest BCUT2D eigenvalue weighted by Gasteiger charge is 2.29. The van der Waals surface area contributed by atoms with Crippen LogP contribution in [0.5, 0.6) is 0 Å². The van der Waals surface area contributed by atoms with Gasteiger partial charge in [-0.3, -0.25) is 9.59 Å². The van der Waals surface area contributed by atoms with Crippen LogP contribution in [0.3, 0.4) is 0 Å². The maximum absolute atomic E-state index is 11.7. The number of amides is 1. The number of halogens is 1. The summed E-state index contributed by atoms with van der Waals surface area (Å²) < 4.78 is 0. The molecule has 1 amide bonds. The van der Waals surface area contributed by atoms with E-state index in [0.717, 1.165) is 5.56 Å². The lowest BCUT2D eigenvalue weighted by Gasteiger charge is -2.15. The van der Waals surface area contributed by atoms with E-state index in [1.807, 2.05) is 0 Å². The van der Waals surface area contributed by atoms with Crippen molar-refractivity contribution in [3.8, 4) is 0 Å². The van der Waals surface area contributed by atoms with E-state index in [0.29, 0.717) is 11.6 Å². The summed E-state index contributed by atoms with van der Waals surface area (Å²) in [6, 6.07) is 7.02. The summed E-state index contributed by atoms with van der Waals surface area (Å²) in [5, 5.41) is 12.2. The van der Waals surface area contributed by atoms with Crippen molar-refractivity contribution in [2.24, 2.45) is 11.8 Å². The molecule has 18 heavy (non-hydrogen) atoms. The van der Waals surface area contributed by atoms with Crippen molar-refractivity contribution >= 4 is 23.5 Å². The number of benzene rings is 1. The normalized spacial score (nSPS) is 12.2. The number of hydrogen-bond acceptors (Lipinski definition) is 2. The third-order valence-electron chi connectivity index (χ3n) is 2.60. The Balaban J connectivity index is 2.59. The first kappa shape index (κ1) is 14.5. The fourth-order valence-corrected chi connectivity index (χ4v) is 1.73. The van der Waals surface area contributed by atoms with Gasteiger partial charge in [0.25, 0.3) is 0 Å². The summed E-state index contributed by atoms with van der Waals surface area (Å²) in [7, 11) is 0. The molecule has 0 fully saturated rings. The minimum atomic E-state index is -1.10. The summed E-state index contributed by atoms with van der Waals surface area (Å²) >= 11 is 5.74. The Morgan fingerprint density at radius 3 is 2.28 bits per heavy atom. The van der Waals surface area contributed by atoms with Gasteiger partial charge in [-0.2, -0.15) is 0 Å². The van der Waals surface area contributed by atoms with Crippen LogP contribution in [0.1, 0.15) is 19.4 Å². The number of carbonyl (C=O) groups excluding carboxylic acids is 1. The van der Waals surface area contributed by atoms with E-state index in [-0.39, 0.29) is 5.92 Å². The molecule has 1 atom stereocenters. The molecule has 1 aromatic rings. The maximum Gasteiger partial charge on any atom is 0.316 e. The van der Waals surface area contributed by atoms with E-state index in [9.17, 15) is 9.59 Å². The maximum atomic E-state index is 11.7. The first-order valence-corrected chi connectivity index (χ1v) is 6.04. The van der Waals surface area contributed by atoms with Crippen LogP contribution in [0.2, 0.25) is 5.02 Å². The van der Waals surface area contributed by atoms with Gasteiger partial charge in [0.1, 0.15) is 5.92 Å². The van der Waals surface area contributed by atoms with Crippen molar-refractivity contribution in [2.45, 2.75) is 20.4 Å². The fourth-order valence-electron chi connectivity index (χ4n) is 1.60. The van der Waals surface area contributed by atoms with Crippen LogP contribution in [0, 0.1) is 11.8 Å². The van der Waals surface area contributed by atoms with Crippen LogP contribution in [-0.2, 0) is 16.1 Å². The fraction of sp³-hybridized carbons (Fsp3) is 0.385. The molecule has 0 heterocycles. The Kier molecular flexibility index (Phi) is 5.16. The SMILES string of the molecule is CC(C)C(C(=O)O)C(=O)NCc1ccc(Cl)cc1. The van der Waals surface area contributed by atoms with E-state index in [2.05, 4.69) is 5.32 Å². The first-order valence-electron chi connectivity index (χ1n) is 5.66. The minimum Gasteiger partial charge on any atom is -0.481 e. The molecule has 0 radical (unpaired) electrons. The number of aliphatic carboxylic acids is 1. The molecule has 2 N–H and O–H groups in total. The highest BCUT2D eigenvalue weighted by molar-refractivity contribution is 6.30. The number of rotatable bonds is 5. The topological polar surface area (TPSA) is 66.4 Å². The van der Waals surface area contributed by atoms with Crippen LogP contribution in [0.25, 0.3) is 0 Å². The number of nitrogens with one attached hydrogen (secondary N) is 1. The first-order chi connectivity index (χ1) is 8.41. The molecule has 5 heteroatoms. The Morgan fingerprint density at radius 2 is 1.83 bits per heavy atom. The highest BCUT2D eigenvalue weighted by atomic mass is 35.5. The Bertz CT molecular complexity index is 428. The minimum absolute atomic E-state index is 0.243. The smallest absolute Gasteiger partial charge is 0.316 e. The molecule has 1 unspecified atom stereocenters. The zero-order valence-electron chi connectivity index (χ0n) is 10.3. The summed E-state index contributed by atoms with van der Waals surface area (Å²) in [4.78, 5) is 22.7. The van der Waals surface area contributed by atoms with E-state index < -0.39 is 17.8 Å². The van der Waals surface area contributed by atoms with Gasteiger partial charge in [0.05, 0.1) is 0 Å². The summed E-state index contributed by atoms with van der Waals surface area (Å²) in [6.45, 7) is 3.72. The van der Waals surface area contributed by atoms with Crippen molar-refractivity contribution in [3.05, 3.63) is 34.9 Å². The Hall–Kier alpha value is -1.55. The summed E-state index contributed by atoms with van der Waals surface area (Å²) in [5.41, 5.74) is 0.876. The summed E-state index contributed by atoms with van der Waals surface area (Å²) in [5.74, 6) is -2.82. The van der Waals surface area contributed by atoms with Gasteiger partial charge in [0, 0.05) is 11.6 Å². The molecule has 0 saturated heterocycles. The number of hydrogen-bond donors (Lipinski definition) is 2. The number of carbonyl (C=O) groups is 2. The molecule has 0 aliphatic carbocycles. The second kappa shape index (κ2) is 6.40. The zero-order valence-corrected chi connectivity index (χ0v) is 11.1. The molecular formula is C13H16ClNO3. The lowest BCUT2D eigenvalue weighted by Crippen LogP contribution is -2.38. The van der Waals surface area contributed by atoms with Crippen LogP contribution >= 0.6 is 11.6 Å². The molecule has 0 aliphatic heterocycles. The standard InChI is InChI=1S/C13H16ClNO3/c1-8(2)11(13(17)18)12(16)15-7-9-3-5-10(14)6-4-9/h3-6,8,11H,7H2,1-2H3,(H,15,16)(H,17,18). The molecule has 0 aliphatic rings. The van der Waals surface area contributed by atoms with Crippen molar-refractivity contribution in [3.63, 3.8) is 0 Å².